The van der Waals surface area contributed by atoms with E-state index >= 15 is 0 Å². The van der Waals surface area contributed by atoms with Gasteiger partial charge in [-0.1, -0.05) is 6.92 Å². The summed E-state index contributed by atoms with van der Waals surface area (Å²) in [7, 11) is -13.4. The van der Waals surface area contributed by atoms with Gasteiger partial charge < -0.3 is 4.13 Å². The minimum atomic E-state index is -6.72. The van der Waals surface area contributed by atoms with Crippen molar-refractivity contribution in [2.24, 2.45) is 0 Å². The maximum atomic E-state index is 11.4. The van der Waals surface area contributed by atoms with Crippen LogP contribution in [0, 0.1) is 0 Å². The summed E-state index contributed by atoms with van der Waals surface area (Å²) in [6.45, 7) is 4.04. The molecule has 2 aromatic rings. The van der Waals surface area contributed by atoms with Crippen LogP contribution in [0.3, 0.4) is 0 Å². The lowest BCUT2D eigenvalue weighted by atomic mass is 10.5. The predicted molar refractivity (Wildman–Crippen MR) is 85.9 cm³/mol. The Hall–Kier alpha value is -2.14. The van der Waals surface area contributed by atoms with Crippen LogP contribution in [0.1, 0.15) is 13.3 Å². The topological polar surface area (TPSA) is 109 Å². The highest BCUT2D eigenvalue weighted by Gasteiger charge is 2.46. The number of nitrogens with zero attached hydrogens (tertiary/aromatic N) is 5. The van der Waals surface area contributed by atoms with Gasteiger partial charge in [-0.15, -0.1) is 0 Å². The number of rotatable bonds is 6. The average Bonchev–Trinajstić information content (AvgIpc) is 3.18. The molecule has 0 spiro atoms. The lowest BCUT2D eigenvalue weighted by Crippen LogP contribution is -2.35. The maximum absolute atomic E-state index is 11.4. The van der Waals surface area contributed by atoms with E-state index in [2.05, 4.69) is 39.9 Å². The molecule has 17 heteroatoms. The lowest BCUT2D eigenvalue weighted by molar-refractivity contribution is -0.702. The number of halogens is 6. The van der Waals surface area contributed by atoms with Gasteiger partial charge in [-0.3, -0.25) is 0 Å². The average molecular weight is 471 g/mol. The van der Waals surface area contributed by atoms with Crippen molar-refractivity contribution in [3.63, 3.8) is 0 Å². The van der Waals surface area contributed by atoms with Crippen LogP contribution in [-0.4, -0.2) is 42.2 Å². The first-order valence-electron chi connectivity index (χ1n) is 7.48. The molecule has 0 amide bonds. The van der Waals surface area contributed by atoms with E-state index in [1.165, 1.54) is 0 Å². The van der Waals surface area contributed by atoms with Gasteiger partial charge in [0.05, 0.1) is 6.54 Å². The van der Waals surface area contributed by atoms with Gasteiger partial charge in [0, 0.05) is 12.4 Å². The summed E-state index contributed by atoms with van der Waals surface area (Å²) >= 11 is 0. The molecule has 0 saturated heterocycles. The largest absolute Gasteiger partial charge is 0.480 e. The van der Waals surface area contributed by atoms with E-state index in [0.717, 1.165) is 23.8 Å². The third-order valence-corrected chi connectivity index (χ3v) is 5.62. The van der Waals surface area contributed by atoms with E-state index in [-0.39, 0.29) is 0 Å². The number of hydrogen-bond donors (Lipinski definition) is 0. The van der Waals surface area contributed by atoms with Gasteiger partial charge in [0.2, 0.25) is 6.33 Å². The molecule has 29 heavy (non-hydrogen) atoms. The quantitative estimate of drug-likeness (QED) is 0.473. The smallest absolute Gasteiger partial charge is 0.421 e. The molecule has 9 nitrogen and oxygen atoms in total. The predicted octanol–water partition coefficient (Wildman–Crippen LogP) is 1.95. The van der Waals surface area contributed by atoms with E-state index in [4.69, 9.17) is 0 Å². The SMILES string of the molecule is CCCn1cc[n+](Cn2cccn2)c1.O=S(=O)([N-]S(=O)(=O)C(F)(F)F)C(F)(F)F. The number of aryl methyl sites for hydroxylation is 1. The highest BCUT2D eigenvalue weighted by atomic mass is 32.3. The third-order valence-electron chi connectivity index (χ3n) is 2.88. The molecule has 0 aliphatic heterocycles. The second kappa shape index (κ2) is 9.12. The molecular weight excluding hydrogens is 456 g/mol. The zero-order valence-electron chi connectivity index (χ0n) is 14.5. The fraction of sp³-hybridized carbons (Fsp3) is 0.500. The molecular formula is C12H15F6N5O4S2. The van der Waals surface area contributed by atoms with Crippen molar-refractivity contribution >= 4 is 20.0 Å². The summed E-state index contributed by atoms with van der Waals surface area (Å²) in [6, 6.07) is 1.93. The van der Waals surface area contributed by atoms with Crippen molar-refractivity contribution in [2.75, 3.05) is 0 Å². The van der Waals surface area contributed by atoms with Gasteiger partial charge in [-0.25, -0.2) is 30.7 Å². The molecule has 2 aromatic heterocycles. The van der Waals surface area contributed by atoms with Crippen LogP contribution in [0.25, 0.3) is 4.13 Å². The molecule has 0 aliphatic carbocycles. The Balaban J connectivity index is 0.000000290. The van der Waals surface area contributed by atoms with Crippen molar-refractivity contribution < 1.29 is 47.7 Å². The number of aromatic nitrogens is 4. The van der Waals surface area contributed by atoms with Crippen LogP contribution in [-0.2, 0) is 33.3 Å². The van der Waals surface area contributed by atoms with Crippen LogP contribution in [0.15, 0.2) is 37.2 Å². The van der Waals surface area contributed by atoms with Crippen molar-refractivity contribution in [2.45, 2.75) is 37.6 Å². The molecule has 0 aliphatic rings. The first kappa shape index (κ1) is 24.9. The summed E-state index contributed by atoms with van der Waals surface area (Å²) in [4.78, 5) is 0. The Labute approximate surface area is 161 Å². The highest BCUT2D eigenvalue weighted by Crippen LogP contribution is 2.36. The van der Waals surface area contributed by atoms with E-state index < -0.39 is 31.1 Å². The summed E-state index contributed by atoms with van der Waals surface area (Å²) < 4.78 is 115. The van der Waals surface area contributed by atoms with Crippen LogP contribution in [0.2, 0.25) is 0 Å². The van der Waals surface area contributed by atoms with Crippen LogP contribution in [0.5, 0.6) is 0 Å². The minimum absolute atomic E-state index is 0.778. The zero-order valence-corrected chi connectivity index (χ0v) is 16.2. The fourth-order valence-corrected chi connectivity index (χ4v) is 3.39. The lowest BCUT2D eigenvalue weighted by Gasteiger charge is -2.22. The maximum Gasteiger partial charge on any atom is 0.480 e. The van der Waals surface area contributed by atoms with Gasteiger partial charge in [0.25, 0.3) is 0 Å². The Morgan fingerprint density at radius 2 is 1.55 bits per heavy atom. The second-order valence-electron chi connectivity index (χ2n) is 5.27. The van der Waals surface area contributed by atoms with E-state index in [9.17, 15) is 43.2 Å². The molecule has 0 N–H and O–H groups in total. The van der Waals surface area contributed by atoms with Crippen LogP contribution < -0.4 is 4.57 Å². The standard InChI is InChI=1S/C10H15N4.C2F6NO4S2/c1-2-5-12-7-8-13(9-12)10-14-6-3-4-11-14;3-1(4,5)14(10,11)9-15(12,13)2(6,7)8/h3-4,6-9H,2,5,10H2,1H3;/q+1;-1. The Kier molecular flexibility index (Phi) is 7.83. The van der Waals surface area contributed by atoms with Gasteiger partial charge in [-0.05, 0) is 12.5 Å². The highest BCUT2D eigenvalue weighted by molar-refractivity contribution is 8.13. The summed E-state index contributed by atoms with van der Waals surface area (Å²) in [5.74, 6) is 0. The second-order valence-corrected chi connectivity index (χ2v) is 8.69. The van der Waals surface area contributed by atoms with Gasteiger partial charge >= 0.3 is 11.0 Å². The number of imidazole rings is 1. The zero-order chi connectivity index (χ0) is 22.5. The molecule has 0 aromatic carbocycles. The summed E-state index contributed by atoms with van der Waals surface area (Å²) in [5, 5.41) is 4.15. The summed E-state index contributed by atoms with van der Waals surface area (Å²) in [6.07, 6.45) is 11.2. The number of sulfonamides is 2. The fourth-order valence-electron chi connectivity index (χ4n) is 1.68. The van der Waals surface area contributed by atoms with Gasteiger partial charge in [0.15, 0.2) is 26.7 Å². The van der Waals surface area contributed by atoms with E-state index in [1.807, 2.05) is 16.9 Å². The first-order chi connectivity index (χ1) is 13.1. The molecule has 2 rings (SSSR count). The first-order valence-corrected chi connectivity index (χ1v) is 10.4. The molecule has 0 fully saturated rings. The molecule has 0 atom stereocenters. The Morgan fingerprint density at radius 3 is 1.97 bits per heavy atom. The Morgan fingerprint density at radius 1 is 1.00 bits per heavy atom. The van der Waals surface area contributed by atoms with Gasteiger partial charge in [-0.2, -0.15) is 31.4 Å². The monoisotopic (exact) mass is 471 g/mol. The van der Waals surface area contributed by atoms with Crippen LogP contribution >= 0.6 is 0 Å². The number of hydrogen-bond acceptors (Lipinski definition) is 5. The molecule has 0 radical (unpaired) electrons. The minimum Gasteiger partial charge on any atom is -0.421 e. The molecule has 0 unspecified atom stereocenters. The van der Waals surface area contributed by atoms with Crippen LogP contribution in [0.4, 0.5) is 26.3 Å². The normalized spacial score (nSPS) is 13.1. The molecule has 166 valence electrons. The van der Waals surface area contributed by atoms with Crippen molar-refractivity contribution in [3.8, 4) is 0 Å². The number of alkyl halides is 6. The summed E-state index contributed by atoms with van der Waals surface area (Å²) in [5.41, 5.74) is -12.4. The van der Waals surface area contributed by atoms with Gasteiger partial charge in [0.1, 0.15) is 12.4 Å². The van der Waals surface area contributed by atoms with Crippen molar-refractivity contribution in [1.29, 1.82) is 0 Å². The third kappa shape index (κ3) is 7.32. The van der Waals surface area contributed by atoms with Crippen molar-refractivity contribution in [3.05, 3.63) is 41.3 Å². The Bertz CT molecular complexity index is 939. The molecule has 0 bridgehead atoms. The van der Waals surface area contributed by atoms with E-state index in [0.29, 0.717) is 0 Å². The molecule has 0 saturated carbocycles. The van der Waals surface area contributed by atoms with E-state index in [1.54, 1.807) is 6.20 Å². The van der Waals surface area contributed by atoms with Crippen molar-refractivity contribution in [1.82, 2.24) is 14.3 Å². The molecule has 2 heterocycles.